The molecule has 0 aliphatic heterocycles. The molecule has 0 saturated heterocycles. The van der Waals surface area contributed by atoms with Crippen molar-refractivity contribution in [1.82, 2.24) is 0 Å². The van der Waals surface area contributed by atoms with Crippen LogP contribution in [0.4, 0.5) is 0 Å². The van der Waals surface area contributed by atoms with E-state index in [1.807, 2.05) is 0 Å². The molecule has 0 amide bonds. The Morgan fingerprint density at radius 1 is 1.22 bits per heavy atom. The van der Waals surface area contributed by atoms with Crippen molar-refractivity contribution >= 4 is 11.7 Å². The second kappa shape index (κ2) is 4.85. The Morgan fingerprint density at radius 2 is 1.89 bits per heavy atom. The summed E-state index contributed by atoms with van der Waals surface area (Å²) in [5.41, 5.74) is 0.279. The number of carbonyl (C=O) groups is 1. The molecule has 0 fully saturated rings. The molecule has 5 nitrogen and oxygen atoms in total. The van der Waals surface area contributed by atoms with Crippen LogP contribution in [-0.4, -0.2) is 28.0 Å². The Bertz CT molecular complexity index is 543. The van der Waals surface area contributed by atoms with Gasteiger partial charge in [0.25, 0.3) is 0 Å². The SMILES string of the molecule is N=C1C=CC(Oc2ccc(C(=O)O)cc2)=CC1O. The van der Waals surface area contributed by atoms with Crippen LogP contribution in [0.1, 0.15) is 10.4 Å². The normalized spacial score (nSPS) is 18.4. The predicted molar refractivity (Wildman–Crippen MR) is 65.0 cm³/mol. The number of hydrogen-bond acceptors (Lipinski definition) is 4. The fourth-order valence-corrected chi connectivity index (χ4v) is 1.44. The van der Waals surface area contributed by atoms with Crippen LogP contribution in [0.3, 0.4) is 0 Å². The maximum absolute atomic E-state index is 10.7. The average molecular weight is 245 g/mol. The van der Waals surface area contributed by atoms with E-state index in [9.17, 15) is 9.90 Å². The highest BCUT2D eigenvalue weighted by Gasteiger charge is 2.12. The van der Waals surface area contributed by atoms with Crippen LogP contribution in [0, 0.1) is 5.41 Å². The van der Waals surface area contributed by atoms with Crippen molar-refractivity contribution in [3.05, 3.63) is 53.8 Å². The van der Waals surface area contributed by atoms with Gasteiger partial charge in [-0.1, -0.05) is 0 Å². The van der Waals surface area contributed by atoms with Crippen LogP contribution in [0.15, 0.2) is 48.3 Å². The van der Waals surface area contributed by atoms with E-state index < -0.39 is 12.1 Å². The zero-order valence-corrected chi connectivity index (χ0v) is 9.33. The molecule has 92 valence electrons. The number of ether oxygens (including phenoxy) is 1. The van der Waals surface area contributed by atoms with Gasteiger partial charge in [0, 0.05) is 0 Å². The summed E-state index contributed by atoms with van der Waals surface area (Å²) >= 11 is 0. The van der Waals surface area contributed by atoms with E-state index in [4.69, 9.17) is 15.3 Å². The average Bonchev–Trinajstić information content (AvgIpc) is 2.34. The maximum atomic E-state index is 10.7. The van der Waals surface area contributed by atoms with Gasteiger partial charge in [-0.2, -0.15) is 0 Å². The molecule has 18 heavy (non-hydrogen) atoms. The van der Waals surface area contributed by atoms with Gasteiger partial charge < -0.3 is 20.4 Å². The van der Waals surface area contributed by atoms with Crippen LogP contribution >= 0.6 is 0 Å². The Balaban J connectivity index is 2.11. The van der Waals surface area contributed by atoms with Gasteiger partial charge in [-0.15, -0.1) is 0 Å². The molecule has 0 aromatic heterocycles. The van der Waals surface area contributed by atoms with Gasteiger partial charge >= 0.3 is 5.97 Å². The summed E-state index contributed by atoms with van der Waals surface area (Å²) in [4.78, 5) is 10.7. The van der Waals surface area contributed by atoms with Crippen LogP contribution < -0.4 is 4.74 Å². The molecular formula is C13H11NO4. The molecule has 1 atom stereocenters. The highest BCUT2D eigenvalue weighted by Crippen LogP contribution is 2.18. The first-order valence-corrected chi connectivity index (χ1v) is 5.24. The molecule has 1 aliphatic rings. The molecule has 0 bridgehead atoms. The second-order valence-electron chi connectivity index (χ2n) is 3.73. The summed E-state index contributed by atoms with van der Waals surface area (Å²) in [5, 5.41) is 25.5. The van der Waals surface area contributed by atoms with Gasteiger partial charge in [0.2, 0.25) is 0 Å². The summed E-state index contributed by atoms with van der Waals surface area (Å²) in [5.74, 6) is -0.111. The van der Waals surface area contributed by atoms with Crippen molar-refractivity contribution < 1.29 is 19.7 Å². The standard InChI is InChI=1S/C13H11NO4/c14-11-6-5-10(7-12(11)15)18-9-3-1-8(2-4-9)13(16)17/h1-7,12,14-15H,(H,16,17). The topological polar surface area (TPSA) is 90.6 Å². The number of benzene rings is 1. The number of rotatable bonds is 3. The van der Waals surface area contributed by atoms with E-state index in [1.54, 1.807) is 6.08 Å². The van der Waals surface area contributed by atoms with Gasteiger partial charge in [0.1, 0.15) is 17.6 Å². The van der Waals surface area contributed by atoms with Crippen molar-refractivity contribution in [2.45, 2.75) is 6.10 Å². The lowest BCUT2D eigenvalue weighted by molar-refractivity contribution is 0.0697. The van der Waals surface area contributed by atoms with Crippen LogP contribution in [0.25, 0.3) is 0 Å². The molecule has 0 saturated carbocycles. The van der Waals surface area contributed by atoms with Crippen molar-refractivity contribution in [1.29, 1.82) is 5.41 Å². The van der Waals surface area contributed by atoms with E-state index in [2.05, 4.69) is 0 Å². The lowest BCUT2D eigenvalue weighted by Crippen LogP contribution is -2.18. The number of aliphatic hydroxyl groups excluding tert-OH is 1. The monoisotopic (exact) mass is 245 g/mol. The van der Waals surface area contributed by atoms with E-state index in [1.165, 1.54) is 36.4 Å². The molecule has 0 spiro atoms. The first-order valence-electron chi connectivity index (χ1n) is 5.24. The third-order valence-corrected chi connectivity index (χ3v) is 2.40. The number of nitrogens with one attached hydrogen (secondary N) is 1. The molecule has 1 unspecified atom stereocenters. The quantitative estimate of drug-likeness (QED) is 0.754. The minimum Gasteiger partial charge on any atom is -0.478 e. The van der Waals surface area contributed by atoms with Crippen molar-refractivity contribution in [3.63, 3.8) is 0 Å². The number of carboxylic acid groups (broad SMARTS) is 1. The smallest absolute Gasteiger partial charge is 0.335 e. The largest absolute Gasteiger partial charge is 0.478 e. The number of carboxylic acids is 1. The van der Waals surface area contributed by atoms with E-state index in [0.717, 1.165) is 0 Å². The molecule has 1 aromatic rings. The van der Waals surface area contributed by atoms with Crippen LogP contribution in [0.2, 0.25) is 0 Å². The second-order valence-corrected chi connectivity index (χ2v) is 3.73. The maximum Gasteiger partial charge on any atom is 0.335 e. The fraction of sp³-hybridized carbons (Fsp3) is 0.0769. The molecule has 3 N–H and O–H groups in total. The third-order valence-electron chi connectivity index (χ3n) is 2.40. The van der Waals surface area contributed by atoms with Gasteiger partial charge in [0.05, 0.1) is 11.3 Å². The molecule has 5 heteroatoms. The minimum atomic E-state index is -0.998. The minimum absolute atomic E-state index is 0.101. The van der Waals surface area contributed by atoms with Gasteiger partial charge in [0.15, 0.2) is 0 Å². The Morgan fingerprint density at radius 3 is 2.44 bits per heavy atom. The van der Waals surface area contributed by atoms with Crippen molar-refractivity contribution in [2.24, 2.45) is 0 Å². The summed E-state index contributed by atoms with van der Waals surface area (Å²) in [7, 11) is 0. The van der Waals surface area contributed by atoms with Gasteiger partial charge in [-0.25, -0.2) is 4.79 Å². The third kappa shape index (κ3) is 2.64. The highest BCUT2D eigenvalue weighted by atomic mass is 16.5. The number of hydrogen-bond donors (Lipinski definition) is 3. The first-order chi connectivity index (χ1) is 8.56. The summed E-state index contributed by atoms with van der Waals surface area (Å²) < 4.78 is 5.43. The van der Waals surface area contributed by atoms with E-state index in [0.29, 0.717) is 11.5 Å². The Kier molecular flexibility index (Phi) is 3.25. The molecule has 0 radical (unpaired) electrons. The summed E-state index contributed by atoms with van der Waals surface area (Å²) in [6.45, 7) is 0. The zero-order valence-electron chi connectivity index (χ0n) is 9.33. The van der Waals surface area contributed by atoms with Gasteiger partial charge in [-0.3, -0.25) is 0 Å². The number of allylic oxidation sites excluding steroid dienone is 1. The molecule has 1 aliphatic carbocycles. The van der Waals surface area contributed by atoms with E-state index in [-0.39, 0.29) is 11.3 Å². The molecular weight excluding hydrogens is 234 g/mol. The summed E-state index contributed by atoms with van der Waals surface area (Å²) in [6.07, 6.45) is 3.46. The highest BCUT2D eigenvalue weighted by molar-refractivity contribution is 5.98. The van der Waals surface area contributed by atoms with E-state index >= 15 is 0 Å². The molecule has 0 heterocycles. The summed E-state index contributed by atoms with van der Waals surface area (Å²) in [6, 6.07) is 5.93. The van der Waals surface area contributed by atoms with Gasteiger partial charge in [-0.05, 0) is 42.5 Å². The van der Waals surface area contributed by atoms with Crippen LogP contribution in [-0.2, 0) is 0 Å². The first kappa shape index (κ1) is 12.1. The fourth-order valence-electron chi connectivity index (χ4n) is 1.44. The molecule has 1 aromatic carbocycles. The lowest BCUT2D eigenvalue weighted by atomic mass is 10.1. The lowest BCUT2D eigenvalue weighted by Gasteiger charge is -2.13. The van der Waals surface area contributed by atoms with Crippen molar-refractivity contribution in [2.75, 3.05) is 0 Å². The number of aliphatic hydroxyl groups is 1. The van der Waals surface area contributed by atoms with Crippen molar-refractivity contribution in [3.8, 4) is 5.75 Å². The predicted octanol–water partition coefficient (Wildman–Crippen LogP) is 1.60. The van der Waals surface area contributed by atoms with Crippen LogP contribution in [0.5, 0.6) is 5.75 Å². The zero-order chi connectivity index (χ0) is 13.1. The Labute approximate surface area is 103 Å². The molecule has 2 rings (SSSR count). The Hall–Kier alpha value is -2.40. The number of aromatic carboxylic acids is 1.